The van der Waals surface area contributed by atoms with Crippen LogP contribution in [0.4, 0.5) is 0 Å². The van der Waals surface area contributed by atoms with E-state index >= 15 is 0 Å². The summed E-state index contributed by atoms with van der Waals surface area (Å²) >= 11 is 8.14. The molecule has 1 aromatic rings. The largest absolute Gasteiger partial charge is 0.386 e. The molecule has 2 fully saturated rings. The van der Waals surface area contributed by atoms with Crippen molar-refractivity contribution in [2.24, 2.45) is 5.92 Å². The quantitative estimate of drug-likeness (QED) is 0.805. The molecule has 5 heteroatoms. The fourth-order valence-electron chi connectivity index (χ4n) is 2.45. The van der Waals surface area contributed by atoms with Gasteiger partial charge in [-0.1, -0.05) is 11.6 Å². The van der Waals surface area contributed by atoms with Gasteiger partial charge in [0.05, 0.1) is 18.1 Å². The van der Waals surface area contributed by atoms with Crippen molar-refractivity contribution in [2.75, 3.05) is 13.1 Å². The van der Waals surface area contributed by atoms with Crippen LogP contribution in [-0.2, 0) is 0 Å². The molecule has 2 aliphatic rings. The molecular weight excluding hydrogens is 365 g/mol. The van der Waals surface area contributed by atoms with Crippen molar-refractivity contribution in [3.8, 4) is 0 Å². The molecule has 1 saturated carbocycles. The van der Waals surface area contributed by atoms with Crippen LogP contribution in [0.1, 0.15) is 23.2 Å². The third kappa shape index (κ3) is 2.14. The second kappa shape index (κ2) is 4.35. The molecule has 1 aliphatic carbocycles. The number of carbonyl (C=O) groups is 1. The van der Waals surface area contributed by atoms with Gasteiger partial charge in [-0.25, -0.2) is 0 Å². The maximum Gasteiger partial charge on any atom is 0.254 e. The van der Waals surface area contributed by atoms with Gasteiger partial charge in [-0.3, -0.25) is 4.79 Å². The highest BCUT2D eigenvalue weighted by Gasteiger charge is 2.53. The van der Waals surface area contributed by atoms with Crippen LogP contribution in [0.25, 0.3) is 0 Å². The van der Waals surface area contributed by atoms with E-state index in [9.17, 15) is 9.90 Å². The van der Waals surface area contributed by atoms with Gasteiger partial charge in [0.25, 0.3) is 5.91 Å². The van der Waals surface area contributed by atoms with E-state index in [-0.39, 0.29) is 5.91 Å². The summed E-state index contributed by atoms with van der Waals surface area (Å²) < 4.78 is 0.934. The van der Waals surface area contributed by atoms with Gasteiger partial charge >= 0.3 is 0 Å². The highest BCUT2D eigenvalue weighted by molar-refractivity contribution is 14.1. The third-order valence-corrected chi connectivity index (χ3v) is 5.29. The molecule has 0 radical (unpaired) electrons. The van der Waals surface area contributed by atoms with Crippen LogP contribution < -0.4 is 0 Å². The molecule has 1 N–H and O–H groups in total. The van der Waals surface area contributed by atoms with Crippen LogP contribution >= 0.6 is 34.2 Å². The van der Waals surface area contributed by atoms with Crippen LogP contribution in [0.2, 0.25) is 5.02 Å². The fourth-order valence-corrected chi connectivity index (χ4v) is 2.96. The van der Waals surface area contributed by atoms with E-state index in [0.717, 1.165) is 16.4 Å². The lowest BCUT2D eigenvalue weighted by Gasteiger charge is -2.47. The molecule has 1 saturated heterocycles. The molecule has 1 heterocycles. The Labute approximate surface area is 124 Å². The predicted octanol–water partition coefficient (Wildman–Crippen LogP) is 2.54. The summed E-state index contributed by atoms with van der Waals surface area (Å²) in [5.74, 6) is 0.362. The third-order valence-electron chi connectivity index (χ3n) is 3.72. The Morgan fingerprint density at radius 2 is 2.11 bits per heavy atom. The number of carbonyl (C=O) groups excluding carboxylic acids is 1. The standard InChI is InChI=1S/C13H13ClINO2/c14-10-5-8(1-4-11(10)15)12(17)16-6-13(18,7-16)9-2-3-9/h1,4-5,9,18H,2-3,6-7H2. The van der Waals surface area contributed by atoms with E-state index in [1.54, 1.807) is 17.0 Å². The van der Waals surface area contributed by atoms with Crippen molar-refractivity contribution < 1.29 is 9.90 Å². The van der Waals surface area contributed by atoms with Crippen molar-refractivity contribution >= 4 is 40.1 Å². The van der Waals surface area contributed by atoms with E-state index in [1.165, 1.54) is 0 Å². The van der Waals surface area contributed by atoms with Gasteiger partial charge in [-0.15, -0.1) is 0 Å². The fraction of sp³-hybridized carbons (Fsp3) is 0.462. The molecule has 1 aromatic carbocycles. The summed E-state index contributed by atoms with van der Waals surface area (Å²) in [6, 6.07) is 5.31. The van der Waals surface area contributed by atoms with Gasteiger partial charge in [0.15, 0.2) is 0 Å². The Balaban J connectivity index is 1.70. The molecule has 3 nitrogen and oxygen atoms in total. The number of nitrogens with zero attached hydrogens (tertiary/aromatic N) is 1. The highest BCUT2D eigenvalue weighted by atomic mass is 127. The molecular formula is C13H13ClINO2. The van der Waals surface area contributed by atoms with Crippen LogP contribution in [0, 0.1) is 9.49 Å². The SMILES string of the molecule is O=C(c1ccc(I)c(Cl)c1)N1CC(O)(C2CC2)C1. The number of halogens is 2. The Morgan fingerprint density at radius 1 is 1.44 bits per heavy atom. The number of rotatable bonds is 2. The smallest absolute Gasteiger partial charge is 0.254 e. The van der Waals surface area contributed by atoms with E-state index in [2.05, 4.69) is 22.6 Å². The minimum atomic E-state index is -0.622. The average Bonchev–Trinajstić information content (AvgIpc) is 3.12. The highest BCUT2D eigenvalue weighted by Crippen LogP contribution is 2.44. The van der Waals surface area contributed by atoms with Gasteiger partial charge in [0.2, 0.25) is 0 Å². The Hall–Kier alpha value is -0.330. The molecule has 0 spiro atoms. The molecule has 1 aliphatic heterocycles. The molecule has 0 bridgehead atoms. The Kier molecular flexibility index (Phi) is 3.07. The number of hydrogen-bond acceptors (Lipinski definition) is 2. The van der Waals surface area contributed by atoms with Crippen LogP contribution in [0.15, 0.2) is 18.2 Å². The van der Waals surface area contributed by atoms with E-state index in [4.69, 9.17) is 11.6 Å². The Bertz CT molecular complexity index is 510. The van der Waals surface area contributed by atoms with Gasteiger partial charge < -0.3 is 10.0 Å². The maximum absolute atomic E-state index is 12.2. The minimum Gasteiger partial charge on any atom is -0.386 e. The first-order valence-electron chi connectivity index (χ1n) is 5.96. The van der Waals surface area contributed by atoms with Crippen molar-refractivity contribution in [3.63, 3.8) is 0 Å². The van der Waals surface area contributed by atoms with Crippen LogP contribution in [0.3, 0.4) is 0 Å². The van der Waals surface area contributed by atoms with Gasteiger partial charge in [0.1, 0.15) is 5.60 Å². The number of β-amino-alcohol motifs (C(OH)–C–C–N with tert-alkyl or cyclic N) is 1. The average molecular weight is 378 g/mol. The first kappa shape index (κ1) is 12.7. The Morgan fingerprint density at radius 3 is 2.67 bits per heavy atom. The zero-order chi connectivity index (χ0) is 12.9. The van der Waals surface area contributed by atoms with Gasteiger partial charge in [-0.05, 0) is 59.5 Å². The second-order valence-corrected chi connectivity index (χ2v) is 6.74. The van der Waals surface area contributed by atoms with Gasteiger partial charge in [0, 0.05) is 9.13 Å². The number of hydrogen-bond donors (Lipinski definition) is 1. The molecule has 0 aromatic heterocycles. The molecule has 0 unspecified atom stereocenters. The molecule has 0 atom stereocenters. The topological polar surface area (TPSA) is 40.5 Å². The predicted molar refractivity (Wildman–Crippen MR) is 77.7 cm³/mol. The van der Waals surface area contributed by atoms with Crippen LogP contribution in [0.5, 0.6) is 0 Å². The van der Waals surface area contributed by atoms with E-state index in [1.807, 2.05) is 6.07 Å². The summed E-state index contributed by atoms with van der Waals surface area (Å²) in [6.07, 6.45) is 2.18. The minimum absolute atomic E-state index is 0.0429. The number of benzene rings is 1. The van der Waals surface area contributed by atoms with Crippen LogP contribution in [-0.4, -0.2) is 34.6 Å². The summed E-state index contributed by atoms with van der Waals surface area (Å²) in [6.45, 7) is 0.917. The van der Waals surface area contributed by atoms with Crippen molar-refractivity contribution in [2.45, 2.75) is 18.4 Å². The summed E-state index contributed by atoms with van der Waals surface area (Å²) in [5, 5.41) is 10.8. The van der Waals surface area contributed by atoms with E-state index in [0.29, 0.717) is 29.6 Å². The van der Waals surface area contributed by atoms with Crippen molar-refractivity contribution in [1.29, 1.82) is 0 Å². The van der Waals surface area contributed by atoms with Crippen molar-refractivity contribution in [1.82, 2.24) is 4.90 Å². The molecule has 96 valence electrons. The summed E-state index contributed by atoms with van der Waals surface area (Å²) in [5.41, 5.74) is -0.0267. The normalized spacial score (nSPS) is 21.6. The first-order valence-corrected chi connectivity index (χ1v) is 7.42. The van der Waals surface area contributed by atoms with Crippen molar-refractivity contribution in [3.05, 3.63) is 32.4 Å². The van der Waals surface area contributed by atoms with E-state index < -0.39 is 5.60 Å². The number of aliphatic hydroxyl groups is 1. The first-order chi connectivity index (χ1) is 8.49. The zero-order valence-electron chi connectivity index (χ0n) is 9.70. The lowest BCUT2D eigenvalue weighted by atomic mass is 9.88. The summed E-state index contributed by atoms with van der Waals surface area (Å²) in [4.78, 5) is 13.9. The molecule has 18 heavy (non-hydrogen) atoms. The summed E-state index contributed by atoms with van der Waals surface area (Å²) in [7, 11) is 0. The lowest BCUT2D eigenvalue weighted by Crippen LogP contribution is -2.64. The number of likely N-dealkylation sites (tertiary alicyclic amines) is 1. The lowest BCUT2D eigenvalue weighted by molar-refractivity contribution is -0.0958. The number of amides is 1. The van der Waals surface area contributed by atoms with Gasteiger partial charge in [-0.2, -0.15) is 0 Å². The monoisotopic (exact) mass is 377 g/mol. The zero-order valence-corrected chi connectivity index (χ0v) is 12.6. The molecule has 3 rings (SSSR count). The maximum atomic E-state index is 12.2. The molecule has 1 amide bonds. The second-order valence-electron chi connectivity index (χ2n) is 5.17.